The molecule has 0 aliphatic rings. The van der Waals surface area contributed by atoms with E-state index < -0.39 is 5.97 Å². The molecule has 4 aromatic rings. The minimum atomic E-state index is -0.428. The van der Waals surface area contributed by atoms with Gasteiger partial charge < -0.3 is 10.1 Å². The Kier molecular flexibility index (Phi) is 5.73. The Labute approximate surface area is 186 Å². The van der Waals surface area contributed by atoms with Crippen LogP contribution in [0.4, 0.5) is 5.69 Å². The zero-order valence-corrected chi connectivity index (χ0v) is 18.4. The van der Waals surface area contributed by atoms with E-state index in [4.69, 9.17) is 9.72 Å². The molecule has 0 unspecified atom stereocenters. The minimum absolute atomic E-state index is 0.0916. The van der Waals surface area contributed by atoms with Crippen molar-refractivity contribution in [3.05, 3.63) is 77.5 Å². The van der Waals surface area contributed by atoms with Crippen LogP contribution in [-0.2, 0) is 4.74 Å². The summed E-state index contributed by atoms with van der Waals surface area (Å²) in [6.45, 7) is 6.07. The highest BCUT2D eigenvalue weighted by molar-refractivity contribution is 6.12. The predicted octanol–water partition coefficient (Wildman–Crippen LogP) is 5.03. The third-order valence-electron chi connectivity index (χ3n) is 5.29. The molecular formula is C25H24N4O3. The Balaban J connectivity index is 1.78. The van der Waals surface area contributed by atoms with Gasteiger partial charge in [0, 0.05) is 17.3 Å². The fourth-order valence-electron chi connectivity index (χ4n) is 3.59. The van der Waals surface area contributed by atoms with Gasteiger partial charge in [0.05, 0.1) is 35.5 Å². The van der Waals surface area contributed by atoms with Crippen LogP contribution < -0.4 is 5.32 Å². The molecule has 0 spiro atoms. The molecule has 32 heavy (non-hydrogen) atoms. The van der Waals surface area contributed by atoms with Crippen LogP contribution in [0.3, 0.4) is 0 Å². The van der Waals surface area contributed by atoms with E-state index in [-0.39, 0.29) is 11.9 Å². The first-order valence-electron chi connectivity index (χ1n) is 10.3. The topological polar surface area (TPSA) is 86.1 Å². The monoisotopic (exact) mass is 428 g/mol. The lowest BCUT2D eigenvalue weighted by molar-refractivity contribution is 0.0600. The number of aromatic nitrogens is 3. The second kappa shape index (κ2) is 8.63. The SMILES string of the molecule is COC(=O)c1ccc(NC(=O)c2cc(-c3ccccc3C)nc3c2cnn3C(C)C)cc1. The number of aryl methyl sites for hydroxylation is 1. The third kappa shape index (κ3) is 3.97. The number of methoxy groups -OCH3 is 1. The maximum absolute atomic E-state index is 13.3. The van der Waals surface area contributed by atoms with Crippen molar-refractivity contribution in [3.8, 4) is 11.3 Å². The number of nitrogens with zero attached hydrogens (tertiary/aromatic N) is 3. The van der Waals surface area contributed by atoms with E-state index in [2.05, 4.69) is 10.4 Å². The fraction of sp³-hybridized carbons (Fsp3) is 0.200. The van der Waals surface area contributed by atoms with E-state index in [1.165, 1.54) is 7.11 Å². The summed E-state index contributed by atoms with van der Waals surface area (Å²) in [4.78, 5) is 29.8. The van der Waals surface area contributed by atoms with Crippen LogP contribution in [0.25, 0.3) is 22.3 Å². The van der Waals surface area contributed by atoms with Gasteiger partial charge in [0.25, 0.3) is 5.91 Å². The molecule has 2 aromatic heterocycles. The number of amides is 1. The normalized spacial score (nSPS) is 11.0. The van der Waals surface area contributed by atoms with Gasteiger partial charge in [0.15, 0.2) is 5.65 Å². The molecule has 7 nitrogen and oxygen atoms in total. The number of ether oxygens (including phenoxy) is 1. The van der Waals surface area contributed by atoms with Gasteiger partial charge in [-0.05, 0) is 56.7 Å². The number of pyridine rings is 1. The quantitative estimate of drug-likeness (QED) is 0.451. The van der Waals surface area contributed by atoms with Crippen molar-refractivity contribution in [2.75, 3.05) is 12.4 Å². The van der Waals surface area contributed by atoms with Gasteiger partial charge in [-0.15, -0.1) is 0 Å². The number of fused-ring (bicyclic) bond motifs is 1. The first-order valence-corrected chi connectivity index (χ1v) is 10.3. The highest BCUT2D eigenvalue weighted by Gasteiger charge is 2.19. The maximum Gasteiger partial charge on any atom is 0.337 e. The van der Waals surface area contributed by atoms with Crippen LogP contribution in [-0.4, -0.2) is 33.8 Å². The minimum Gasteiger partial charge on any atom is -0.465 e. The Morgan fingerprint density at radius 3 is 2.44 bits per heavy atom. The highest BCUT2D eigenvalue weighted by atomic mass is 16.5. The van der Waals surface area contributed by atoms with Crippen LogP contribution in [0.15, 0.2) is 60.8 Å². The van der Waals surface area contributed by atoms with Gasteiger partial charge >= 0.3 is 5.97 Å². The summed E-state index contributed by atoms with van der Waals surface area (Å²) in [5, 5.41) is 8.06. The molecule has 162 valence electrons. The molecule has 2 aromatic carbocycles. The van der Waals surface area contributed by atoms with Crippen molar-refractivity contribution in [3.63, 3.8) is 0 Å². The van der Waals surface area contributed by atoms with Crippen molar-refractivity contribution in [1.29, 1.82) is 0 Å². The Bertz CT molecular complexity index is 1310. The number of benzene rings is 2. The van der Waals surface area contributed by atoms with E-state index in [0.717, 1.165) is 11.1 Å². The molecule has 0 saturated heterocycles. The molecule has 0 bridgehead atoms. The molecule has 1 amide bonds. The average molecular weight is 428 g/mol. The van der Waals surface area contributed by atoms with Gasteiger partial charge in [0.2, 0.25) is 0 Å². The molecule has 7 heteroatoms. The van der Waals surface area contributed by atoms with Crippen molar-refractivity contribution < 1.29 is 14.3 Å². The second-order valence-corrected chi connectivity index (χ2v) is 7.81. The first-order chi connectivity index (χ1) is 15.4. The van der Waals surface area contributed by atoms with Gasteiger partial charge in [-0.25, -0.2) is 14.5 Å². The van der Waals surface area contributed by atoms with E-state index in [0.29, 0.717) is 33.5 Å². The van der Waals surface area contributed by atoms with Crippen LogP contribution in [0.2, 0.25) is 0 Å². The van der Waals surface area contributed by atoms with Crippen LogP contribution in [0.5, 0.6) is 0 Å². The van der Waals surface area contributed by atoms with Gasteiger partial charge in [-0.1, -0.05) is 24.3 Å². The lowest BCUT2D eigenvalue weighted by atomic mass is 10.0. The summed E-state index contributed by atoms with van der Waals surface area (Å²) in [6, 6.07) is 16.4. The Hall–Kier alpha value is -4.00. The number of hydrogen-bond donors (Lipinski definition) is 1. The number of esters is 1. The molecule has 0 aliphatic heterocycles. The van der Waals surface area contributed by atoms with Crippen LogP contribution in [0.1, 0.15) is 46.2 Å². The van der Waals surface area contributed by atoms with Crippen LogP contribution >= 0.6 is 0 Å². The van der Waals surface area contributed by atoms with Gasteiger partial charge in [0.1, 0.15) is 0 Å². The average Bonchev–Trinajstić information content (AvgIpc) is 3.23. The zero-order chi connectivity index (χ0) is 22.8. The number of carbonyl (C=O) groups is 2. The van der Waals surface area contributed by atoms with Crippen molar-refractivity contribution in [2.24, 2.45) is 0 Å². The highest BCUT2D eigenvalue weighted by Crippen LogP contribution is 2.28. The molecule has 1 N–H and O–H groups in total. The smallest absolute Gasteiger partial charge is 0.337 e. The Morgan fingerprint density at radius 2 is 1.78 bits per heavy atom. The third-order valence-corrected chi connectivity index (χ3v) is 5.29. The van der Waals surface area contributed by atoms with Gasteiger partial charge in [-0.2, -0.15) is 5.10 Å². The molecule has 0 radical (unpaired) electrons. The number of carbonyl (C=O) groups excluding carboxylic acids is 2. The first kappa shape index (κ1) is 21.2. The number of rotatable bonds is 5. The van der Waals surface area contributed by atoms with E-state index in [9.17, 15) is 9.59 Å². The maximum atomic E-state index is 13.3. The summed E-state index contributed by atoms with van der Waals surface area (Å²) in [7, 11) is 1.33. The second-order valence-electron chi connectivity index (χ2n) is 7.81. The molecule has 0 aliphatic carbocycles. The number of nitrogens with one attached hydrogen (secondary N) is 1. The van der Waals surface area contributed by atoms with Crippen LogP contribution in [0, 0.1) is 6.92 Å². The number of hydrogen-bond acceptors (Lipinski definition) is 5. The summed E-state index contributed by atoms with van der Waals surface area (Å²) >= 11 is 0. The van der Waals surface area contributed by atoms with E-state index >= 15 is 0 Å². The molecule has 0 saturated carbocycles. The lowest BCUT2D eigenvalue weighted by Crippen LogP contribution is -2.14. The standard InChI is InChI=1S/C25H24N4O3/c1-15(2)29-23-21(14-26-29)20(13-22(28-23)19-8-6-5-7-16(19)3)24(30)27-18-11-9-17(10-12-18)25(31)32-4/h5-15H,1-4H3,(H,27,30). The zero-order valence-electron chi connectivity index (χ0n) is 18.4. The predicted molar refractivity (Wildman–Crippen MR) is 124 cm³/mol. The summed E-state index contributed by atoms with van der Waals surface area (Å²) in [5.41, 5.74) is 4.87. The molecule has 2 heterocycles. The summed E-state index contributed by atoms with van der Waals surface area (Å²) < 4.78 is 6.54. The molecule has 4 rings (SSSR count). The van der Waals surface area contributed by atoms with Gasteiger partial charge in [-0.3, -0.25) is 4.79 Å². The van der Waals surface area contributed by atoms with Crippen molar-refractivity contribution in [2.45, 2.75) is 26.8 Å². The fourth-order valence-corrected chi connectivity index (χ4v) is 3.59. The summed E-state index contributed by atoms with van der Waals surface area (Å²) in [5.74, 6) is -0.705. The molecular weight excluding hydrogens is 404 g/mol. The summed E-state index contributed by atoms with van der Waals surface area (Å²) in [6.07, 6.45) is 1.68. The van der Waals surface area contributed by atoms with Crippen molar-refractivity contribution >= 4 is 28.6 Å². The molecule has 0 atom stereocenters. The largest absolute Gasteiger partial charge is 0.465 e. The number of anilines is 1. The Morgan fingerprint density at radius 1 is 1.06 bits per heavy atom. The van der Waals surface area contributed by atoms with E-state index in [1.807, 2.05) is 49.7 Å². The van der Waals surface area contributed by atoms with Crippen molar-refractivity contribution in [1.82, 2.24) is 14.8 Å². The lowest BCUT2D eigenvalue weighted by Gasteiger charge is -2.12. The molecule has 0 fully saturated rings. The van der Waals surface area contributed by atoms with E-state index in [1.54, 1.807) is 36.5 Å².